The van der Waals surface area contributed by atoms with Gasteiger partial charge >= 0.3 is 5.97 Å². The van der Waals surface area contributed by atoms with Crippen LogP contribution in [0.15, 0.2) is 36.7 Å². The van der Waals surface area contributed by atoms with Crippen LogP contribution in [0, 0.1) is 0 Å². The monoisotopic (exact) mass is 263 g/mol. The molecule has 1 heterocycles. The van der Waals surface area contributed by atoms with Crippen LogP contribution in [0.4, 0.5) is 5.69 Å². The molecule has 1 aromatic heterocycles. The van der Waals surface area contributed by atoms with E-state index in [0.29, 0.717) is 4.88 Å². The van der Waals surface area contributed by atoms with Gasteiger partial charge in [-0.3, -0.25) is 5.01 Å². The van der Waals surface area contributed by atoms with E-state index in [2.05, 4.69) is 0 Å². The molecule has 0 aliphatic heterocycles. The highest BCUT2D eigenvalue weighted by Crippen LogP contribution is 2.29. The van der Waals surface area contributed by atoms with Gasteiger partial charge in [-0.15, -0.1) is 11.3 Å². The van der Waals surface area contributed by atoms with Gasteiger partial charge in [0.1, 0.15) is 4.88 Å². The first-order valence-corrected chi connectivity index (χ1v) is 6.01. The minimum Gasteiger partial charge on any atom is -0.465 e. The first kappa shape index (κ1) is 12.4. The van der Waals surface area contributed by atoms with Gasteiger partial charge in [-0.2, -0.15) is 0 Å². The Morgan fingerprint density at radius 1 is 1.44 bits per heavy atom. The maximum Gasteiger partial charge on any atom is 0.348 e. The van der Waals surface area contributed by atoms with Crippen LogP contribution < -0.4 is 16.6 Å². The summed E-state index contributed by atoms with van der Waals surface area (Å²) in [6.07, 6.45) is 2.91. The number of thiophene rings is 1. The largest absolute Gasteiger partial charge is 0.465 e. The minimum atomic E-state index is -0.329. The number of ether oxygens (including phenoxy) is 1. The van der Waals surface area contributed by atoms with Gasteiger partial charge in [-0.1, -0.05) is 6.07 Å². The predicted molar refractivity (Wildman–Crippen MR) is 73.2 cm³/mol. The standard InChI is InChI=1S/C12H13N3O2S/c1-17-12(16)11-6-8-2-3-9(7-10(8)18-11)15(14)5-4-13/h2-7H,13-14H2,1H3/b5-4-. The van der Waals surface area contributed by atoms with Crippen molar-refractivity contribution in [2.24, 2.45) is 11.6 Å². The number of esters is 1. The number of carbonyl (C=O) groups is 1. The van der Waals surface area contributed by atoms with E-state index in [1.807, 2.05) is 18.2 Å². The van der Waals surface area contributed by atoms with E-state index in [0.717, 1.165) is 15.8 Å². The number of hydrogen-bond acceptors (Lipinski definition) is 6. The lowest BCUT2D eigenvalue weighted by Gasteiger charge is -2.12. The molecule has 0 saturated carbocycles. The average Bonchev–Trinajstić information content (AvgIpc) is 2.80. The smallest absolute Gasteiger partial charge is 0.348 e. The van der Waals surface area contributed by atoms with E-state index in [1.165, 1.54) is 29.7 Å². The molecular formula is C12H13N3O2S. The van der Waals surface area contributed by atoms with E-state index < -0.39 is 0 Å². The fraction of sp³-hybridized carbons (Fsp3) is 0.0833. The summed E-state index contributed by atoms with van der Waals surface area (Å²) in [5.74, 6) is 5.44. The summed E-state index contributed by atoms with van der Waals surface area (Å²) in [5, 5.41) is 2.39. The number of anilines is 1. The van der Waals surface area contributed by atoms with Gasteiger partial charge in [0.2, 0.25) is 0 Å². The zero-order valence-electron chi connectivity index (χ0n) is 9.79. The van der Waals surface area contributed by atoms with Crippen LogP contribution in [0.5, 0.6) is 0 Å². The molecule has 0 saturated heterocycles. The number of methoxy groups -OCH3 is 1. The quantitative estimate of drug-likeness (QED) is 0.501. The van der Waals surface area contributed by atoms with Gasteiger partial charge in [0.25, 0.3) is 0 Å². The summed E-state index contributed by atoms with van der Waals surface area (Å²) in [4.78, 5) is 12.0. The number of hydrazine groups is 1. The van der Waals surface area contributed by atoms with Crippen molar-refractivity contribution in [2.45, 2.75) is 0 Å². The zero-order valence-corrected chi connectivity index (χ0v) is 10.6. The molecule has 4 N–H and O–H groups in total. The summed E-state index contributed by atoms with van der Waals surface area (Å²) in [6.45, 7) is 0. The number of nitrogens with zero attached hydrogens (tertiary/aromatic N) is 1. The molecular weight excluding hydrogens is 250 g/mol. The van der Waals surface area contributed by atoms with Crippen molar-refractivity contribution in [3.05, 3.63) is 41.5 Å². The number of benzene rings is 1. The Morgan fingerprint density at radius 2 is 2.22 bits per heavy atom. The topological polar surface area (TPSA) is 81.6 Å². The number of fused-ring (bicyclic) bond motifs is 1. The molecule has 2 rings (SSSR count). The summed E-state index contributed by atoms with van der Waals surface area (Å²) >= 11 is 1.37. The molecule has 6 heteroatoms. The van der Waals surface area contributed by atoms with Crippen molar-refractivity contribution in [2.75, 3.05) is 12.1 Å². The maximum absolute atomic E-state index is 11.4. The number of rotatable bonds is 3. The summed E-state index contributed by atoms with van der Waals surface area (Å²) in [6, 6.07) is 7.45. The third kappa shape index (κ3) is 2.29. The summed E-state index contributed by atoms with van der Waals surface area (Å²) < 4.78 is 5.66. The normalized spacial score (nSPS) is 11.0. The Hall–Kier alpha value is -2.05. The predicted octanol–water partition coefficient (Wildman–Crippen LogP) is 1.80. The van der Waals surface area contributed by atoms with Crippen molar-refractivity contribution >= 4 is 33.1 Å². The van der Waals surface area contributed by atoms with Crippen LogP contribution >= 0.6 is 11.3 Å². The van der Waals surface area contributed by atoms with Crippen LogP contribution in [0.3, 0.4) is 0 Å². The Bertz CT molecular complexity index is 606. The first-order valence-electron chi connectivity index (χ1n) is 5.20. The van der Waals surface area contributed by atoms with Crippen LogP contribution in [0.25, 0.3) is 10.1 Å². The lowest BCUT2D eigenvalue weighted by Crippen LogP contribution is -2.24. The third-order valence-corrected chi connectivity index (χ3v) is 3.51. The van der Waals surface area contributed by atoms with Gasteiger partial charge in [-0.05, 0) is 23.6 Å². The number of hydrogen-bond donors (Lipinski definition) is 2. The Balaban J connectivity index is 2.42. The van der Waals surface area contributed by atoms with E-state index in [9.17, 15) is 4.79 Å². The van der Waals surface area contributed by atoms with E-state index in [4.69, 9.17) is 16.3 Å². The van der Waals surface area contributed by atoms with Gasteiger partial charge in [0.05, 0.1) is 12.8 Å². The average molecular weight is 263 g/mol. The van der Waals surface area contributed by atoms with Crippen LogP contribution in [-0.2, 0) is 4.74 Å². The molecule has 94 valence electrons. The molecule has 0 aliphatic carbocycles. The molecule has 0 unspecified atom stereocenters. The number of carbonyl (C=O) groups excluding carboxylic acids is 1. The lowest BCUT2D eigenvalue weighted by atomic mass is 10.2. The SMILES string of the molecule is COC(=O)c1cc2ccc(N(N)/C=C\N)cc2s1. The molecule has 0 amide bonds. The summed E-state index contributed by atoms with van der Waals surface area (Å²) in [5.41, 5.74) is 6.07. The molecule has 0 atom stereocenters. The highest BCUT2D eigenvalue weighted by Gasteiger charge is 2.11. The molecule has 18 heavy (non-hydrogen) atoms. The Labute approximate surface area is 108 Å². The van der Waals surface area contributed by atoms with Crippen molar-refractivity contribution < 1.29 is 9.53 Å². The highest BCUT2D eigenvalue weighted by atomic mass is 32.1. The van der Waals surface area contributed by atoms with Crippen LogP contribution in [0.1, 0.15) is 9.67 Å². The second kappa shape index (κ2) is 5.07. The molecule has 2 aromatic rings. The zero-order chi connectivity index (χ0) is 13.1. The lowest BCUT2D eigenvalue weighted by molar-refractivity contribution is 0.0606. The van der Waals surface area contributed by atoms with Crippen molar-refractivity contribution in [1.82, 2.24) is 0 Å². The second-order valence-electron chi connectivity index (χ2n) is 3.57. The van der Waals surface area contributed by atoms with Gasteiger partial charge in [0, 0.05) is 17.1 Å². The first-order chi connectivity index (χ1) is 8.65. The Kier molecular flexibility index (Phi) is 3.50. The highest BCUT2D eigenvalue weighted by molar-refractivity contribution is 7.20. The van der Waals surface area contributed by atoms with Crippen molar-refractivity contribution in [1.29, 1.82) is 0 Å². The Morgan fingerprint density at radius 3 is 2.89 bits per heavy atom. The third-order valence-electron chi connectivity index (χ3n) is 2.44. The molecule has 0 radical (unpaired) electrons. The van der Waals surface area contributed by atoms with E-state index in [-0.39, 0.29) is 5.97 Å². The molecule has 5 nitrogen and oxygen atoms in total. The van der Waals surface area contributed by atoms with Gasteiger partial charge in [0.15, 0.2) is 0 Å². The van der Waals surface area contributed by atoms with Crippen LogP contribution in [-0.4, -0.2) is 13.1 Å². The summed E-state index contributed by atoms with van der Waals surface area (Å²) in [7, 11) is 1.37. The van der Waals surface area contributed by atoms with Crippen molar-refractivity contribution in [3.63, 3.8) is 0 Å². The fourth-order valence-electron chi connectivity index (χ4n) is 1.56. The second-order valence-corrected chi connectivity index (χ2v) is 4.66. The van der Waals surface area contributed by atoms with Gasteiger partial charge in [-0.25, -0.2) is 10.6 Å². The molecule has 0 spiro atoms. The van der Waals surface area contributed by atoms with E-state index >= 15 is 0 Å². The number of nitrogens with two attached hydrogens (primary N) is 2. The van der Waals surface area contributed by atoms with Crippen LogP contribution in [0.2, 0.25) is 0 Å². The van der Waals surface area contributed by atoms with E-state index in [1.54, 1.807) is 12.3 Å². The maximum atomic E-state index is 11.4. The van der Waals surface area contributed by atoms with Gasteiger partial charge < -0.3 is 10.5 Å². The minimum absolute atomic E-state index is 0.329. The molecule has 0 aliphatic rings. The fourth-order valence-corrected chi connectivity index (χ4v) is 2.57. The van der Waals surface area contributed by atoms with Crippen molar-refractivity contribution in [3.8, 4) is 0 Å². The molecule has 1 aromatic carbocycles. The molecule has 0 bridgehead atoms. The molecule has 0 fully saturated rings.